The van der Waals surface area contributed by atoms with Crippen molar-refractivity contribution >= 4 is 11.8 Å². The number of carbonyl (C=O) groups is 2. The summed E-state index contributed by atoms with van der Waals surface area (Å²) in [6, 6.07) is 0. The first-order valence-electron chi connectivity index (χ1n) is 2.93. The lowest BCUT2D eigenvalue weighted by molar-refractivity contribution is -0.139. The quantitative estimate of drug-likeness (QED) is 0.588. The van der Waals surface area contributed by atoms with Crippen LogP contribution in [0.4, 0.5) is 0 Å². The van der Waals surface area contributed by atoms with Crippen LogP contribution in [0.5, 0.6) is 0 Å². The summed E-state index contributed by atoms with van der Waals surface area (Å²) in [7, 11) is 1.30. The van der Waals surface area contributed by atoms with Crippen LogP contribution in [0, 0.1) is 0 Å². The van der Waals surface area contributed by atoms with Gasteiger partial charge in [0.25, 0.3) is 0 Å². The molecule has 0 saturated heterocycles. The number of Topliss-reactive ketones (excluding diaryl/α,β-unsaturated/α-hetero) is 1. The lowest BCUT2D eigenvalue weighted by atomic mass is 10.4. The van der Waals surface area contributed by atoms with Crippen molar-refractivity contribution in [1.82, 2.24) is 5.32 Å². The van der Waals surface area contributed by atoms with Crippen LogP contribution in [0.3, 0.4) is 0 Å². The van der Waals surface area contributed by atoms with Crippen LogP contribution in [-0.2, 0) is 14.3 Å². The average Bonchev–Trinajstić information content (AvgIpc) is 1.87. The number of rotatable bonds is 4. The third-order valence-corrected chi connectivity index (χ3v) is 0.871. The molecule has 0 aromatic carbocycles. The van der Waals surface area contributed by atoms with Gasteiger partial charge in [-0.2, -0.15) is 0 Å². The van der Waals surface area contributed by atoms with Gasteiger partial charge in [0.15, 0.2) is 0 Å². The second kappa shape index (κ2) is 7.21. The van der Waals surface area contributed by atoms with Crippen molar-refractivity contribution in [2.75, 3.05) is 20.2 Å². The van der Waals surface area contributed by atoms with Crippen LogP contribution in [0.2, 0.25) is 0 Å². The minimum Gasteiger partial charge on any atom is -0.468 e. The maximum atomic E-state index is 10.4. The Morgan fingerprint density at radius 2 is 1.91 bits per heavy atom. The van der Waals surface area contributed by atoms with Gasteiger partial charge in [-0.1, -0.05) is 7.43 Å². The van der Waals surface area contributed by atoms with Crippen molar-refractivity contribution in [1.29, 1.82) is 0 Å². The number of ether oxygens (including phenoxy) is 1. The normalized spacial score (nSPS) is 8.18. The molecule has 0 aliphatic rings. The van der Waals surface area contributed by atoms with Crippen molar-refractivity contribution in [2.45, 2.75) is 14.4 Å². The zero-order valence-corrected chi connectivity index (χ0v) is 6.14. The molecule has 0 aromatic rings. The summed E-state index contributed by atoms with van der Waals surface area (Å²) in [5.41, 5.74) is 0. The zero-order chi connectivity index (χ0) is 7.98. The molecule has 1 N–H and O–H groups in total. The third-order valence-electron chi connectivity index (χ3n) is 0.871. The number of carbonyl (C=O) groups excluding carboxylic acids is 2. The summed E-state index contributed by atoms with van der Waals surface area (Å²) < 4.78 is 4.32. The molecule has 0 aliphatic carbocycles. The van der Waals surface area contributed by atoms with Crippen LogP contribution in [-0.4, -0.2) is 32.0 Å². The lowest BCUT2D eigenvalue weighted by Crippen LogP contribution is -2.27. The molecule has 0 radical (unpaired) electrons. The molecule has 0 fully saturated rings. The van der Waals surface area contributed by atoms with Crippen LogP contribution >= 0.6 is 0 Å². The van der Waals surface area contributed by atoms with Gasteiger partial charge < -0.3 is 10.1 Å². The highest BCUT2D eigenvalue weighted by atomic mass is 16.5. The fourth-order valence-electron chi connectivity index (χ4n) is 0.413. The van der Waals surface area contributed by atoms with E-state index < -0.39 is 0 Å². The fraction of sp³-hybridized carbons (Fsp3) is 0.714. The standard InChI is InChI=1S/C6H11NO3.CH4/c1-5(8)3-7-4-6(9)10-2;/h7H,3-4H2,1-2H3;1H4. The highest BCUT2D eigenvalue weighted by Gasteiger charge is 1.98. The Morgan fingerprint density at radius 1 is 1.36 bits per heavy atom. The van der Waals surface area contributed by atoms with Crippen LogP contribution < -0.4 is 5.32 Å². The molecule has 0 unspecified atom stereocenters. The average molecular weight is 161 g/mol. The largest absolute Gasteiger partial charge is 0.468 e. The van der Waals surface area contributed by atoms with Gasteiger partial charge in [0.05, 0.1) is 20.2 Å². The molecule has 0 amide bonds. The van der Waals surface area contributed by atoms with E-state index in [9.17, 15) is 9.59 Å². The Balaban J connectivity index is 0. The monoisotopic (exact) mass is 161 g/mol. The van der Waals surface area contributed by atoms with Crippen molar-refractivity contribution in [3.05, 3.63) is 0 Å². The van der Waals surface area contributed by atoms with E-state index in [0.29, 0.717) is 0 Å². The molecule has 0 saturated carbocycles. The Bertz CT molecular complexity index is 134. The van der Waals surface area contributed by atoms with Gasteiger partial charge in [0.1, 0.15) is 5.78 Å². The van der Waals surface area contributed by atoms with Gasteiger partial charge in [-0.15, -0.1) is 0 Å². The van der Waals surface area contributed by atoms with E-state index in [0.717, 1.165) is 0 Å². The molecule has 0 spiro atoms. The first-order chi connectivity index (χ1) is 4.66. The Morgan fingerprint density at radius 3 is 2.27 bits per heavy atom. The molecular weight excluding hydrogens is 146 g/mol. The van der Waals surface area contributed by atoms with Crippen molar-refractivity contribution in [3.8, 4) is 0 Å². The van der Waals surface area contributed by atoms with Gasteiger partial charge in [0.2, 0.25) is 0 Å². The molecule has 4 nitrogen and oxygen atoms in total. The molecule has 4 heteroatoms. The zero-order valence-electron chi connectivity index (χ0n) is 6.14. The maximum Gasteiger partial charge on any atom is 0.319 e. The van der Waals surface area contributed by atoms with Crippen molar-refractivity contribution < 1.29 is 14.3 Å². The molecule has 0 aliphatic heterocycles. The molecule has 0 aromatic heterocycles. The predicted octanol–water partition coefficient (Wildman–Crippen LogP) is -0.0259. The number of methoxy groups -OCH3 is 1. The van der Waals surface area contributed by atoms with E-state index in [1.807, 2.05) is 0 Å². The first kappa shape index (κ1) is 12.7. The van der Waals surface area contributed by atoms with Crippen molar-refractivity contribution in [2.24, 2.45) is 0 Å². The van der Waals surface area contributed by atoms with Gasteiger partial charge >= 0.3 is 5.97 Å². The second-order valence-electron chi connectivity index (χ2n) is 1.88. The lowest BCUT2D eigenvalue weighted by Gasteiger charge is -1.98. The van der Waals surface area contributed by atoms with E-state index in [1.165, 1.54) is 14.0 Å². The molecular formula is C7H15NO3. The second-order valence-corrected chi connectivity index (χ2v) is 1.88. The fourth-order valence-corrected chi connectivity index (χ4v) is 0.413. The highest BCUT2D eigenvalue weighted by molar-refractivity contribution is 5.78. The number of hydrogen-bond acceptors (Lipinski definition) is 4. The molecule has 66 valence electrons. The van der Waals surface area contributed by atoms with E-state index in [1.54, 1.807) is 0 Å². The molecule has 0 atom stereocenters. The Kier molecular flexibility index (Phi) is 8.36. The smallest absolute Gasteiger partial charge is 0.319 e. The molecule has 11 heavy (non-hydrogen) atoms. The summed E-state index contributed by atoms with van der Waals surface area (Å²) in [6.45, 7) is 1.76. The van der Waals surface area contributed by atoms with E-state index >= 15 is 0 Å². The topological polar surface area (TPSA) is 55.4 Å². The Labute approximate surface area is 66.9 Å². The summed E-state index contributed by atoms with van der Waals surface area (Å²) >= 11 is 0. The van der Waals surface area contributed by atoms with E-state index in [-0.39, 0.29) is 32.3 Å². The maximum absolute atomic E-state index is 10.4. The van der Waals surface area contributed by atoms with Gasteiger partial charge in [-0.25, -0.2) is 0 Å². The first-order valence-corrected chi connectivity index (χ1v) is 2.93. The van der Waals surface area contributed by atoms with Crippen molar-refractivity contribution in [3.63, 3.8) is 0 Å². The summed E-state index contributed by atoms with van der Waals surface area (Å²) in [6.07, 6.45) is 0. The predicted molar refractivity (Wildman–Crippen MR) is 42.3 cm³/mol. The summed E-state index contributed by atoms with van der Waals surface area (Å²) in [4.78, 5) is 20.7. The van der Waals surface area contributed by atoms with Gasteiger partial charge in [0, 0.05) is 0 Å². The SMILES string of the molecule is C.COC(=O)CNCC(C)=O. The molecule has 0 rings (SSSR count). The summed E-state index contributed by atoms with van der Waals surface area (Å²) in [5, 5.41) is 2.61. The molecule has 0 bridgehead atoms. The highest BCUT2D eigenvalue weighted by Crippen LogP contribution is 1.69. The van der Waals surface area contributed by atoms with E-state index in [4.69, 9.17) is 0 Å². The number of nitrogens with one attached hydrogen (secondary N) is 1. The summed E-state index contributed by atoms with van der Waals surface area (Å²) in [5.74, 6) is -0.356. The number of hydrogen-bond donors (Lipinski definition) is 1. The number of ketones is 1. The van der Waals surface area contributed by atoms with Crippen LogP contribution in [0.1, 0.15) is 14.4 Å². The third kappa shape index (κ3) is 9.10. The van der Waals surface area contributed by atoms with Gasteiger partial charge in [-0.3, -0.25) is 9.59 Å². The number of esters is 1. The van der Waals surface area contributed by atoms with E-state index in [2.05, 4.69) is 10.1 Å². The van der Waals surface area contributed by atoms with Crippen LogP contribution in [0.25, 0.3) is 0 Å². The van der Waals surface area contributed by atoms with Crippen LogP contribution in [0.15, 0.2) is 0 Å². The Hall–Kier alpha value is -0.900. The van der Waals surface area contributed by atoms with Gasteiger partial charge in [-0.05, 0) is 6.92 Å². The molecule has 0 heterocycles. The minimum absolute atomic E-state index is 0. The minimum atomic E-state index is -0.360.